The second-order valence-electron chi connectivity index (χ2n) is 14.3. The second-order valence-corrected chi connectivity index (χ2v) is 19.3. The zero-order chi connectivity index (χ0) is 43.8. The molecule has 0 amide bonds. The molecule has 0 aromatic heterocycles. The van der Waals surface area contributed by atoms with Gasteiger partial charge in [0.05, 0.1) is 29.1 Å². The molecule has 0 fully saturated rings. The van der Waals surface area contributed by atoms with Gasteiger partial charge in [-0.25, -0.2) is 13.2 Å². The SMILES string of the molecule is C=CCCCCCCP(CCCCCCC=C)c1ccccc1.C=CCCCCCCP(CCCCCCC=C)c1ccccc1.Fc1[c-]c(F)c(F)c(F)c1F.[Cl][Pt+]. The maximum absolute atomic E-state index is 12.0. The minimum absolute atomic E-state index is 0.0549. The number of unbranched alkanes of at least 4 members (excludes halogenated alkanes) is 16. The van der Waals surface area contributed by atoms with Crippen molar-refractivity contribution in [1.82, 2.24) is 0 Å². The predicted molar refractivity (Wildman–Crippen MR) is 250 cm³/mol. The fourth-order valence-electron chi connectivity index (χ4n) is 6.29. The average Bonchev–Trinajstić information content (AvgIpc) is 3.27. The average molecular weight is 1060 g/mol. The summed E-state index contributed by atoms with van der Waals surface area (Å²) >= 11 is 1.61. The number of halogens is 6. The molecule has 3 aromatic carbocycles. The third-order valence-electron chi connectivity index (χ3n) is 9.58. The van der Waals surface area contributed by atoms with Crippen molar-refractivity contribution in [2.45, 2.75) is 128 Å². The van der Waals surface area contributed by atoms with Crippen LogP contribution in [0.1, 0.15) is 128 Å². The Morgan fingerprint density at radius 3 is 0.915 bits per heavy atom. The van der Waals surface area contributed by atoms with Crippen LogP contribution in [0.15, 0.2) is 111 Å². The van der Waals surface area contributed by atoms with E-state index in [0.717, 1.165) is 6.07 Å². The molecule has 59 heavy (non-hydrogen) atoms. The third kappa shape index (κ3) is 29.9. The molecule has 0 nitrogen and oxygen atoms in total. The van der Waals surface area contributed by atoms with E-state index in [1.54, 1.807) is 29.4 Å². The van der Waals surface area contributed by atoms with Crippen LogP contribution in [-0.2, 0) is 18.8 Å². The van der Waals surface area contributed by atoms with Crippen LogP contribution in [0.25, 0.3) is 0 Å². The predicted octanol–water partition coefficient (Wildman–Crippen LogP) is 17.0. The maximum atomic E-state index is 12.0. The molecule has 0 aliphatic carbocycles. The van der Waals surface area contributed by atoms with Gasteiger partial charge >= 0.3 is 28.2 Å². The molecule has 0 aliphatic heterocycles. The zero-order valence-electron chi connectivity index (χ0n) is 35.4. The van der Waals surface area contributed by atoms with Gasteiger partial charge in [0, 0.05) is 0 Å². The van der Waals surface area contributed by atoms with Crippen LogP contribution in [0.5, 0.6) is 0 Å². The molecule has 0 unspecified atom stereocenters. The van der Waals surface area contributed by atoms with Gasteiger partial charge in [-0.3, -0.25) is 8.78 Å². The van der Waals surface area contributed by atoms with Crippen molar-refractivity contribution in [2.75, 3.05) is 24.6 Å². The molecule has 3 aromatic rings. The Morgan fingerprint density at radius 1 is 0.407 bits per heavy atom. The van der Waals surface area contributed by atoms with Crippen LogP contribution in [-0.4, -0.2) is 24.6 Å². The van der Waals surface area contributed by atoms with Crippen molar-refractivity contribution < 1.29 is 40.7 Å². The van der Waals surface area contributed by atoms with Gasteiger partial charge in [0.2, 0.25) is 0 Å². The van der Waals surface area contributed by atoms with Crippen molar-refractivity contribution >= 4 is 35.9 Å². The quantitative estimate of drug-likeness (QED) is 0.0119. The summed E-state index contributed by atoms with van der Waals surface area (Å²) in [6.45, 7) is 15.2. The Labute approximate surface area is 374 Å². The molecular weight excluding hydrogens is 988 g/mol. The normalized spacial score (nSPS) is 10.5. The van der Waals surface area contributed by atoms with Crippen LogP contribution in [0.2, 0.25) is 0 Å². The molecule has 0 N–H and O–H groups in total. The summed E-state index contributed by atoms with van der Waals surface area (Å²) < 4.78 is 59.9. The van der Waals surface area contributed by atoms with Gasteiger partial charge in [-0.05, 0) is 112 Å². The van der Waals surface area contributed by atoms with E-state index in [4.69, 9.17) is 0 Å². The first-order valence-electron chi connectivity index (χ1n) is 21.4. The van der Waals surface area contributed by atoms with E-state index < -0.39 is 29.1 Å². The summed E-state index contributed by atoms with van der Waals surface area (Å²) in [7, 11) is 4.72. The molecule has 0 atom stereocenters. The molecule has 0 bridgehead atoms. The number of hydrogen-bond donors (Lipinski definition) is 0. The summed E-state index contributed by atoms with van der Waals surface area (Å²) in [4.78, 5) is 0. The Balaban J connectivity index is 0.000000884. The summed E-state index contributed by atoms with van der Waals surface area (Å²) in [5, 5.41) is 3.22. The van der Waals surface area contributed by atoms with Crippen LogP contribution in [0, 0.1) is 35.2 Å². The van der Waals surface area contributed by atoms with Gasteiger partial charge in [-0.15, -0.1) is 32.4 Å². The van der Waals surface area contributed by atoms with Gasteiger partial charge in [0.1, 0.15) is 0 Å². The number of allylic oxidation sites excluding steroid dienone is 4. The van der Waals surface area contributed by atoms with E-state index in [1.165, 1.54) is 153 Å². The van der Waals surface area contributed by atoms with Crippen LogP contribution in [0.3, 0.4) is 0 Å². The first-order chi connectivity index (χ1) is 28.8. The Hall–Kier alpha value is -1.89. The first kappa shape index (κ1) is 57.1. The molecule has 3 rings (SSSR count). The molecule has 0 saturated carbocycles. The zero-order valence-corrected chi connectivity index (χ0v) is 40.2. The van der Waals surface area contributed by atoms with Gasteiger partial charge in [-0.2, -0.15) is 0 Å². The van der Waals surface area contributed by atoms with E-state index in [1.807, 2.05) is 24.3 Å². The number of hydrogen-bond acceptors (Lipinski definition) is 0. The fraction of sp³-hybridized carbons (Fsp3) is 0.480. The standard InChI is InChI=1S/2C22H35P.C6F5.ClH.Pt/c2*1-3-5-7-9-11-16-20-23(22-18-14-13-15-19-22)21-17-12-10-8-6-4-2;7-2-1-3(8)5(10)6(11)4(2)9;;/h2*3-4,13-15,18-19H,1-2,5-12,16-17,20-21H2;;1H;/q;;-1;;+2/p-1. The molecule has 0 spiro atoms. The summed E-state index contributed by atoms with van der Waals surface area (Å²) in [6.07, 6.45) is 40.4. The van der Waals surface area contributed by atoms with Gasteiger partial charge in [0.25, 0.3) is 0 Å². The molecule has 332 valence electrons. The Kier molecular flexibility index (Phi) is 40.1. The fourth-order valence-corrected chi connectivity index (χ4v) is 11.4. The topological polar surface area (TPSA) is 0 Å². The minimum atomic E-state index is -2.17. The Morgan fingerprint density at radius 2 is 0.661 bits per heavy atom. The van der Waals surface area contributed by atoms with E-state index in [0.29, 0.717) is 0 Å². The summed E-state index contributed by atoms with van der Waals surface area (Å²) in [6, 6.07) is 23.5. The van der Waals surface area contributed by atoms with Crippen molar-refractivity contribution in [1.29, 1.82) is 0 Å². The van der Waals surface area contributed by atoms with E-state index in [-0.39, 0.29) is 15.8 Å². The van der Waals surface area contributed by atoms with E-state index >= 15 is 0 Å². The van der Waals surface area contributed by atoms with Gasteiger partial charge in [-0.1, -0.05) is 152 Å². The van der Waals surface area contributed by atoms with Gasteiger partial charge in [0.15, 0.2) is 0 Å². The molecule has 9 heteroatoms. The molecule has 0 heterocycles. The summed E-state index contributed by atoms with van der Waals surface area (Å²) in [5.41, 5.74) is 0. The molecule has 0 saturated heterocycles. The molecule has 0 radical (unpaired) electrons. The second kappa shape index (κ2) is 41.5. The van der Waals surface area contributed by atoms with Crippen molar-refractivity contribution in [3.8, 4) is 0 Å². The summed E-state index contributed by atoms with van der Waals surface area (Å²) in [5.74, 6) is -10.0. The number of benzene rings is 3. The Bertz CT molecular complexity index is 1310. The molecular formula is C50H70ClF5P2Pt. The van der Waals surface area contributed by atoms with Crippen molar-refractivity contribution in [3.05, 3.63) is 146 Å². The van der Waals surface area contributed by atoms with Crippen LogP contribution in [0.4, 0.5) is 22.0 Å². The molecule has 0 aliphatic rings. The van der Waals surface area contributed by atoms with Crippen LogP contribution < -0.4 is 10.6 Å². The first-order valence-corrected chi connectivity index (χ1v) is 27.6. The van der Waals surface area contributed by atoms with E-state index in [9.17, 15) is 22.0 Å². The van der Waals surface area contributed by atoms with Gasteiger partial charge < -0.3 is 0 Å². The van der Waals surface area contributed by atoms with E-state index in [2.05, 4.69) is 96.4 Å². The van der Waals surface area contributed by atoms with Crippen LogP contribution >= 0.6 is 25.3 Å². The third-order valence-corrected chi connectivity index (χ3v) is 15.1. The number of rotatable bonds is 30. The monoisotopic (exact) mass is 1060 g/mol. The van der Waals surface area contributed by atoms with Crippen molar-refractivity contribution in [3.63, 3.8) is 0 Å². The van der Waals surface area contributed by atoms with Crippen molar-refractivity contribution in [2.24, 2.45) is 0 Å².